The van der Waals surface area contributed by atoms with Crippen molar-refractivity contribution in [1.82, 2.24) is 14.5 Å². The van der Waals surface area contributed by atoms with Gasteiger partial charge in [0.15, 0.2) is 10.4 Å². The first kappa shape index (κ1) is 11.7. The van der Waals surface area contributed by atoms with Crippen molar-refractivity contribution in [3.63, 3.8) is 0 Å². The van der Waals surface area contributed by atoms with Gasteiger partial charge in [0.1, 0.15) is 0 Å². The highest BCUT2D eigenvalue weighted by Gasteiger charge is 2.45. The molecule has 1 unspecified atom stereocenters. The molecule has 1 fully saturated rings. The van der Waals surface area contributed by atoms with Crippen molar-refractivity contribution in [2.75, 3.05) is 7.11 Å². The fraction of sp³-hybridized carbons (Fsp3) is 0.538. The number of aromatic nitrogens is 3. The van der Waals surface area contributed by atoms with Gasteiger partial charge in [0, 0.05) is 12.6 Å². The van der Waals surface area contributed by atoms with Crippen LogP contribution in [0.3, 0.4) is 0 Å². The quantitative estimate of drug-likeness (QED) is 0.865. The van der Waals surface area contributed by atoms with E-state index in [-0.39, 0.29) is 0 Å². The van der Waals surface area contributed by atoms with Crippen LogP contribution in [0.1, 0.15) is 20.3 Å². The maximum absolute atomic E-state index is 5.38. The summed E-state index contributed by atoms with van der Waals surface area (Å²) in [6.45, 7) is 5.53. The summed E-state index contributed by atoms with van der Waals surface area (Å²) in [5.74, 6) is 1.32. The molecule has 5 heteroatoms. The Kier molecular flexibility index (Phi) is 2.48. The molecule has 3 rings (SSSR count). The van der Waals surface area contributed by atoms with Crippen molar-refractivity contribution < 1.29 is 4.74 Å². The number of nitrogens with one attached hydrogen (secondary N) is 1. The van der Waals surface area contributed by atoms with Crippen LogP contribution in [0, 0.1) is 16.1 Å². The molecule has 1 saturated carbocycles. The number of hydrogen-bond donors (Lipinski definition) is 1. The van der Waals surface area contributed by atoms with Crippen molar-refractivity contribution in [2.24, 2.45) is 11.3 Å². The van der Waals surface area contributed by atoms with Gasteiger partial charge in [0.25, 0.3) is 0 Å². The summed E-state index contributed by atoms with van der Waals surface area (Å²) in [5.41, 5.74) is 2.30. The first-order chi connectivity index (χ1) is 8.51. The van der Waals surface area contributed by atoms with Gasteiger partial charge >= 0.3 is 0 Å². The van der Waals surface area contributed by atoms with E-state index < -0.39 is 0 Å². The summed E-state index contributed by atoms with van der Waals surface area (Å²) in [5, 5.41) is 0. The molecule has 0 aromatic carbocycles. The lowest BCUT2D eigenvalue weighted by Gasteiger charge is -2.06. The van der Waals surface area contributed by atoms with Crippen molar-refractivity contribution in [1.29, 1.82) is 0 Å². The Labute approximate surface area is 111 Å². The molecule has 0 amide bonds. The van der Waals surface area contributed by atoms with Gasteiger partial charge in [-0.3, -0.25) is 0 Å². The number of nitrogens with zero attached hydrogens (tertiary/aromatic N) is 2. The molecule has 1 atom stereocenters. The lowest BCUT2D eigenvalue weighted by Crippen LogP contribution is -2.05. The highest BCUT2D eigenvalue weighted by atomic mass is 32.1. The van der Waals surface area contributed by atoms with Crippen LogP contribution in [-0.2, 0) is 6.54 Å². The van der Waals surface area contributed by atoms with Gasteiger partial charge in [-0.25, -0.2) is 0 Å². The van der Waals surface area contributed by atoms with E-state index in [1.54, 1.807) is 7.11 Å². The SMILES string of the molecule is COc1ccc2[nH]c(=S)n(CC3CC3(C)C)c2n1. The zero-order valence-electron chi connectivity index (χ0n) is 10.9. The second-order valence-electron chi connectivity index (χ2n) is 5.66. The molecule has 0 bridgehead atoms. The average molecular weight is 263 g/mol. The lowest BCUT2D eigenvalue weighted by molar-refractivity contribution is 0.398. The molecule has 18 heavy (non-hydrogen) atoms. The van der Waals surface area contributed by atoms with Gasteiger partial charge < -0.3 is 14.3 Å². The van der Waals surface area contributed by atoms with Gasteiger partial charge in [-0.05, 0) is 36.0 Å². The molecule has 1 N–H and O–H groups in total. The average Bonchev–Trinajstić information content (AvgIpc) is 2.81. The van der Waals surface area contributed by atoms with Crippen LogP contribution in [0.5, 0.6) is 5.88 Å². The number of ether oxygens (including phenoxy) is 1. The Hall–Kier alpha value is -1.36. The van der Waals surface area contributed by atoms with E-state index in [0.717, 1.165) is 22.5 Å². The van der Waals surface area contributed by atoms with E-state index in [0.29, 0.717) is 17.2 Å². The maximum atomic E-state index is 5.38. The van der Waals surface area contributed by atoms with Crippen LogP contribution in [0.25, 0.3) is 11.2 Å². The van der Waals surface area contributed by atoms with E-state index >= 15 is 0 Å². The molecular formula is C13H17N3OS. The minimum absolute atomic E-state index is 0.442. The molecule has 96 valence electrons. The highest BCUT2D eigenvalue weighted by Crippen LogP contribution is 2.52. The monoisotopic (exact) mass is 263 g/mol. The predicted octanol–water partition coefficient (Wildman–Crippen LogP) is 3.15. The minimum atomic E-state index is 0.442. The Morgan fingerprint density at radius 2 is 2.28 bits per heavy atom. The number of rotatable bonds is 3. The van der Waals surface area contributed by atoms with Gasteiger partial charge in [-0.1, -0.05) is 13.8 Å². The summed E-state index contributed by atoms with van der Waals surface area (Å²) >= 11 is 5.38. The van der Waals surface area contributed by atoms with Gasteiger partial charge in [0.05, 0.1) is 12.6 Å². The Morgan fingerprint density at radius 1 is 1.56 bits per heavy atom. The van der Waals surface area contributed by atoms with E-state index in [1.165, 1.54) is 6.42 Å². The number of aromatic amines is 1. The third kappa shape index (κ3) is 1.82. The number of fused-ring (bicyclic) bond motifs is 1. The fourth-order valence-corrected chi connectivity index (χ4v) is 2.68. The molecular weight excluding hydrogens is 246 g/mol. The lowest BCUT2D eigenvalue weighted by atomic mass is 10.1. The summed E-state index contributed by atoms with van der Waals surface area (Å²) in [7, 11) is 1.63. The van der Waals surface area contributed by atoms with E-state index in [4.69, 9.17) is 17.0 Å². The second kappa shape index (κ2) is 3.82. The molecule has 0 saturated heterocycles. The third-order valence-electron chi connectivity index (χ3n) is 3.92. The van der Waals surface area contributed by atoms with Crippen LogP contribution >= 0.6 is 12.2 Å². The maximum Gasteiger partial charge on any atom is 0.215 e. The predicted molar refractivity (Wildman–Crippen MR) is 73.4 cm³/mol. The molecule has 2 aromatic heterocycles. The molecule has 1 aliphatic rings. The van der Waals surface area contributed by atoms with E-state index in [2.05, 4.69) is 28.4 Å². The number of methoxy groups -OCH3 is 1. The summed E-state index contributed by atoms with van der Waals surface area (Å²) in [4.78, 5) is 7.68. The number of imidazole rings is 1. The van der Waals surface area contributed by atoms with Crippen molar-refractivity contribution in [2.45, 2.75) is 26.8 Å². The summed E-state index contributed by atoms with van der Waals surface area (Å²) < 4.78 is 8.01. The Morgan fingerprint density at radius 3 is 2.89 bits per heavy atom. The van der Waals surface area contributed by atoms with Crippen LogP contribution in [0.15, 0.2) is 12.1 Å². The first-order valence-electron chi connectivity index (χ1n) is 6.15. The molecule has 0 spiro atoms. The highest BCUT2D eigenvalue weighted by molar-refractivity contribution is 7.71. The molecule has 1 aliphatic carbocycles. The number of H-pyrrole nitrogens is 1. The van der Waals surface area contributed by atoms with Crippen LogP contribution in [0.4, 0.5) is 0 Å². The second-order valence-corrected chi connectivity index (χ2v) is 6.04. The zero-order valence-corrected chi connectivity index (χ0v) is 11.7. The minimum Gasteiger partial charge on any atom is -0.481 e. The van der Waals surface area contributed by atoms with Crippen molar-refractivity contribution in [3.8, 4) is 5.88 Å². The molecule has 0 radical (unpaired) electrons. The third-order valence-corrected chi connectivity index (χ3v) is 4.24. The standard InChI is InChI=1S/C13H17N3OS/c1-13(2)6-8(13)7-16-11-9(14-12(16)18)4-5-10(15-11)17-3/h4-5,8H,6-7H2,1-3H3,(H,14,18). The topological polar surface area (TPSA) is 42.8 Å². The van der Waals surface area contributed by atoms with E-state index in [1.807, 2.05) is 12.1 Å². The van der Waals surface area contributed by atoms with Gasteiger partial charge in [0.2, 0.25) is 5.88 Å². The van der Waals surface area contributed by atoms with Crippen molar-refractivity contribution in [3.05, 3.63) is 16.9 Å². The van der Waals surface area contributed by atoms with Crippen LogP contribution in [0.2, 0.25) is 0 Å². The van der Waals surface area contributed by atoms with Crippen LogP contribution in [-0.4, -0.2) is 21.6 Å². The number of pyridine rings is 1. The molecule has 2 heterocycles. The molecule has 4 nitrogen and oxygen atoms in total. The zero-order chi connectivity index (χ0) is 12.9. The number of hydrogen-bond acceptors (Lipinski definition) is 3. The smallest absolute Gasteiger partial charge is 0.215 e. The largest absolute Gasteiger partial charge is 0.481 e. The van der Waals surface area contributed by atoms with Gasteiger partial charge in [-0.15, -0.1) is 0 Å². The fourth-order valence-electron chi connectivity index (χ4n) is 2.40. The van der Waals surface area contributed by atoms with Gasteiger partial charge in [-0.2, -0.15) is 4.98 Å². The summed E-state index contributed by atoms with van der Waals surface area (Å²) in [6.07, 6.45) is 1.26. The Balaban J connectivity index is 2.04. The van der Waals surface area contributed by atoms with Crippen molar-refractivity contribution >= 4 is 23.4 Å². The van der Waals surface area contributed by atoms with Crippen LogP contribution < -0.4 is 4.74 Å². The summed E-state index contributed by atoms with van der Waals surface area (Å²) in [6, 6.07) is 3.81. The molecule has 2 aromatic rings. The Bertz CT molecular complexity index is 656. The van der Waals surface area contributed by atoms with E-state index in [9.17, 15) is 0 Å². The first-order valence-corrected chi connectivity index (χ1v) is 6.55. The molecule has 0 aliphatic heterocycles. The normalized spacial score (nSPS) is 21.2.